The normalized spacial score (nSPS) is 29.0. The molecule has 5 rings (SSSR count). The van der Waals surface area contributed by atoms with Crippen LogP contribution in [0.5, 0.6) is 0 Å². The zero-order valence-electron chi connectivity index (χ0n) is 17.9. The van der Waals surface area contributed by atoms with E-state index in [2.05, 4.69) is 9.97 Å². The highest BCUT2D eigenvalue weighted by Gasteiger charge is 2.63. The van der Waals surface area contributed by atoms with Crippen LogP contribution in [0.2, 0.25) is 10.4 Å². The summed E-state index contributed by atoms with van der Waals surface area (Å²) >= 11 is 12.4. The summed E-state index contributed by atoms with van der Waals surface area (Å²) in [5.74, 6) is -3.05. The van der Waals surface area contributed by atoms with Crippen LogP contribution in [-0.4, -0.2) is 51.6 Å². The number of hydrogen-bond acceptors (Lipinski definition) is 8. The second-order valence-electron chi connectivity index (χ2n) is 8.42. The standard InChI is InChI=1S/C21H21Cl2N3O6S/c1-4-13-16-17(32-20(2,3)31-16)21(27,30-13)12-10-26(15-14(12)24-19(23)25-18(15)22)33(28,29)11-8-6-5-7-9-11/h5-10,13,16-17,27H,4H2,1-3H3/t13-,16-,17-,21+/m1/s1. The molecule has 2 fully saturated rings. The van der Waals surface area contributed by atoms with Crippen LogP contribution in [0, 0.1) is 0 Å². The van der Waals surface area contributed by atoms with Gasteiger partial charge in [-0.3, -0.25) is 0 Å². The second-order valence-corrected chi connectivity index (χ2v) is 10.9. The molecule has 0 saturated carbocycles. The topological polar surface area (TPSA) is 113 Å². The minimum absolute atomic E-state index is 0.0182. The Hall–Kier alpha value is -1.79. The van der Waals surface area contributed by atoms with Crippen LogP contribution in [0.3, 0.4) is 0 Å². The Morgan fingerprint density at radius 1 is 1.12 bits per heavy atom. The number of aromatic nitrogens is 3. The van der Waals surface area contributed by atoms with E-state index in [1.165, 1.54) is 18.3 Å². The van der Waals surface area contributed by atoms with Crippen molar-refractivity contribution < 1.29 is 27.7 Å². The van der Waals surface area contributed by atoms with Crippen molar-refractivity contribution in [3.63, 3.8) is 0 Å². The highest BCUT2D eigenvalue weighted by Crippen LogP contribution is 2.50. The van der Waals surface area contributed by atoms with Gasteiger partial charge in [-0.25, -0.2) is 22.4 Å². The van der Waals surface area contributed by atoms with Gasteiger partial charge in [0.2, 0.25) is 11.1 Å². The fraction of sp³-hybridized carbons (Fsp3) is 0.429. The maximum absolute atomic E-state index is 13.5. The lowest BCUT2D eigenvalue weighted by Gasteiger charge is -2.29. The van der Waals surface area contributed by atoms with Crippen LogP contribution in [0.4, 0.5) is 0 Å². The molecule has 1 aromatic carbocycles. The number of hydrogen-bond donors (Lipinski definition) is 1. The van der Waals surface area contributed by atoms with Gasteiger partial charge in [0.25, 0.3) is 10.0 Å². The summed E-state index contributed by atoms with van der Waals surface area (Å²) in [5, 5.41) is 11.4. The SMILES string of the molecule is CC[C@H]1O[C@@](O)(c2cn(S(=O)(=O)c3ccccc3)c3c(Cl)nc(Cl)nc23)[C@@H]2OC(C)(C)O[C@@H]21. The highest BCUT2D eigenvalue weighted by molar-refractivity contribution is 7.90. The molecule has 2 aromatic heterocycles. The van der Waals surface area contributed by atoms with Crippen molar-refractivity contribution in [1.29, 1.82) is 0 Å². The largest absolute Gasteiger partial charge is 0.360 e. The molecule has 2 aliphatic heterocycles. The predicted molar refractivity (Wildman–Crippen MR) is 119 cm³/mol. The summed E-state index contributed by atoms with van der Waals surface area (Å²) in [7, 11) is -4.13. The first kappa shape index (κ1) is 23.0. The van der Waals surface area contributed by atoms with E-state index in [0.29, 0.717) is 6.42 Å². The van der Waals surface area contributed by atoms with Crippen molar-refractivity contribution in [1.82, 2.24) is 13.9 Å². The average molecular weight is 514 g/mol. The molecule has 0 aliphatic carbocycles. The van der Waals surface area contributed by atoms with Crippen LogP contribution in [0.15, 0.2) is 41.4 Å². The molecule has 3 aromatic rings. The minimum atomic E-state index is -4.13. The molecule has 4 heterocycles. The lowest BCUT2D eigenvalue weighted by molar-refractivity contribution is -0.280. The van der Waals surface area contributed by atoms with Gasteiger partial charge < -0.3 is 19.3 Å². The molecule has 0 unspecified atom stereocenters. The van der Waals surface area contributed by atoms with Crippen molar-refractivity contribution in [2.24, 2.45) is 0 Å². The molecule has 0 spiro atoms. The van der Waals surface area contributed by atoms with Crippen molar-refractivity contribution in [3.8, 4) is 0 Å². The number of nitrogens with zero attached hydrogens (tertiary/aromatic N) is 3. The molecule has 176 valence electrons. The zero-order chi connectivity index (χ0) is 23.8. The first-order valence-electron chi connectivity index (χ1n) is 10.3. The first-order chi connectivity index (χ1) is 15.5. The number of benzene rings is 1. The molecule has 12 heteroatoms. The molecule has 0 bridgehead atoms. The Morgan fingerprint density at radius 2 is 1.82 bits per heavy atom. The lowest BCUT2D eigenvalue weighted by atomic mass is 9.98. The zero-order valence-corrected chi connectivity index (χ0v) is 20.2. The van der Waals surface area contributed by atoms with Gasteiger partial charge in [-0.15, -0.1) is 0 Å². The summed E-state index contributed by atoms with van der Waals surface area (Å²) < 4.78 is 45.9. The molecule has 33 heavy (non-hydrogen) atoms. The third-order valence-corrected chi connectivity index (χ3v) is 7.94. The van der Waals surface area contributed by atoms with E-state index >= 15 is 0 Å². The lowest BCUT2D eigenvalue weighted by Crippen LogP contribution is -2.40. The summed E-state index contributed by atoms with van der Waals surface area (Å²) in [4.78, 5) is 8.13. The van der Waals surface area contributed by atoms with Crippen LogP contribution in [0.25, 0.3) is 11.0 Å². The Kier molecular flexibility index (Phi) is 5.30. The average Bonchev–Trinajstić information content (AvgIpc) is 3.38. The molecule has 2 saturated heterocycles. The van der Waals surface area contributed by atoms with Gasteiger partial charge in [0.05, 0.1) is 16.6 Å². The number of rotatable bonds is 4. The first-order valence-corrected chi connectivity index (χ1v) is 12.5. The number of fused-ring (bicyclic) bond motifs is 2. The third-order valence-electron chi connectivity index (χ3n) is 5.84. The molecule has 0 amide bonds. The Morgan fingerprint density at radius 3 is 2.48 bits per heavy atom. The van der Waals surface area contributed by atoms with Crippen LogP contribution in [-0.2, 0) is 30.0 Å². The van der Waals surface area contributed by atoms with E-state index in [0.717, 1.165) is 3.97 Å². The molecular formula is C21H21Cl2N3O6S. The Balaban J connectivity index is 1.77. The van der Waals surface area contributed by atoms with Crippen molar-refractivity contribution in [2.75, 3.05) is 0 Å². The monoisotopic (exact) mass is 513 g/mol. The fourth-order valence-corrected chi connectivity index (χ4v) is 6.36. The summed E-state index contributed by atoms with van der Waals surface area (Å²) in [6.07, 6.45) is -0.261. The maximum atomic E-state index is 13.5. The van der Waals surface area contributed by atoms with E-state index in [4.69, 9.17) is 37.4 Å². The fourth-order valence-electron chi connectivity index (χ4n) is 4.45. The van der Waals surface area contributed by atoms with Crippen LogP contribution < -0.4 is 0 Å². The molecule has 9 nitrogen and oxygen atoms in total. The summed E-state index contributed by atoms with van der Waals surface area (Å²) in [6, 6.07) is 7.81. The number of halogens is 2. The van der Waals surface area contributed by atoms with Crippen molar-refractivity contribution >= 4 is 44.3 Å². The van der Waals surface area contributed by atoms with E-state index in [9.17, 15) is 13.5 Å². The smallest absolute Gasteiger partial charge is 0.268 e. The molecule has 0 radical (unpaired) electrons. The van der Waals surface area contributed by atoms with Gasteiger partial charge in [-0.1, -0.05) is 36.7 Å². The summed E-state index contributed by atoms with van der Waals surface area (Å²) in [5.41, 5.74) is 0.0351. The Labute approximate surface area is 200 Å². The van der Waals surface area contributed by atoms with Gasteiger partial charge >= 0.3 is 0 Å². The quantitative estimate of drug-likeness (QED) is 0.416. The van der Waals surface area contributed by atoms with E-state index in [1.54, 1.807) is 32.0 Å². The maximum Gasteiger partial charge on any atom is 0.268 e. The predicted octanol–water partition coefficient (Wildman–Crippen LogP) is 3.45. The van der Waals surface area contributed by atoms with E-state index in [1.807, 2.05) is 6.92 Å². The van der Waals surface area contributed by atoms with Crippen LogP contribution in [0.1, 0.15) is 32.8 Å². The van der Waals surface area contributed by atoms with Gasteiger partial charge in [-0.2, -0.15) is 0 Å². The second kappa shape index (κ2) is 7.61. The van der Waals surface area contributed by atoms with Gasteiger partial charge in [-0.05, 0) is 44.0 Å². The highest BCUT2D eigenvalue weighted by atomic mass is 35.5. The van der Waals surface area contributed by atoms with Crippen molar-refractivity contribution in [2.45, 2.75) is 62.0 Å². The third kappa shape index (κ3) is 3.47. The van der Waals surface area contributed by atoms with E-state index in [-0.39, 0.29) is 31.9 Å². The van der Waals surface area contributed by atoms with Crippen LogP contribution >= 0.6 is 23.2 Å². The molecule has 4 atom stereocenters. The van der Waals surface area contributed by atoms with E-state index < -0.39 is 39.9 Å². The minimum Gasteiger partial charge on any atom is -0.360 e. The molecule has 1 N–H and O–H groups in total. The van der Waals surface area contributed by atoms with Crippen molar-refractivity contribution in [3.05, 3.63) is 52.5 Å². The Bertz CT molecular complexity index is 1350. The molecule has 2 aliphatic rings. The van der Waals surface area contributed by atoms with Gasteiger partial charge in [0.1, 0.15) is 23.2 Å². The van der Waals surface area contributed by atoms with Gasteiger partial charge in [0, 0.05) is 6.20 Å². The summed E-state index contributed by atoms with van der Waals surface area (Å²) in [6.45, 7) is 5.36. The molecular weight excluding hydrogens is 493 g/mol. The van der Waals surface area contributed by atoms with Gasteiger partial charge in [0.15, 0.2) is 10.9 Å². The number of ether oxygens (including phenoxy) is 3. The number of aliphatic hydroxyl groups is 1.